The maximum Gasteiger partial charge on any atom is 0.251 e. The van der Waals surface area contributed by atoms with Crippen LogP contribution in [0.3, 0.4) is 0 Å². The Morgan fingerprint density at radius 1 is 1.20 bits per heavy atom. The lowest BCUT2D eigenvalue weighted by Crippen LogP contribution is -2.27. The van der Waals surface area contributed by atoms with Gasteiger partial charge in [-0.25, -0.2) is 4.39 Å². The van der Waals surface area contributed by atoms with Gasteiger partial charge >= 0.3 is 0 Å². The summed E-state index contributed by atoms with van der Waals surface area (Å²) in [6.45, 7) is 0.350. The summed E-state index contributed by atoms with van der Waals surface area (Å²) in [6, 6.07) is 12.5. The van der Waals surface area contributed by atoms with Gasteiger partial charge in [0.05, 0.1) is 12.5 Å². The van der Waals surface area contributed by atoms with E-state index in [1.165, 1.54) is 23.1 Å². The highest BCUT2D eigenvalue weighted by Crippen LogP contribution is 2.19. The van der Waals surface area contributed by atoms with Crippen LogP contribution in [0.2, 0.25) is 0 Å². The smallest absolute Gasteiger partial charge is 0.251 e. The van der Waals surface area contributed by atoms with E-state index >= 15 is 0 Å². The molecule has 0 spiro atoms. The fraction of sp³-hybridized carbons (Fsp3) is 0.263. The van der Waals surface area contributed by atoms with Crippen molar-refractivity contribution in [1.82, 2.24) is 10.2 Å². The Kier molecular flexibility index (Phi) is 6.25. The summed E-state index contributed by atoms with van der Waals surface area (Å²) in [5, 5.41) is 12.6. The first-order valence-corrected chi connectivity index (χ1v) is 7.89. The lowest BCUT2D eigenvalue weighted by molar-refractivity contribution is -0.132. The zero-order chi connectivity index (χ0) is 18.4. The van der Waals surface area contributed by atoms with Crippen molar-refractivity contribution < 1.29 is 19.1 Å². The van der Waals surface area contributed by atoms with Crippen molar-refractivity contribution in [3.05, 3.63) is 71.0 Å². The predicted molar refractivity (Wildman–Crippen MR) is 92.3 cm³/mol. The first kappa shape index (κ1) is 18.6. The quantitative estimate of drug-likeness (QED) is 0.845. The molecule has 0 fully saturated rings. The summed E-state index contributed by atoms with van der Waals surface area (Å²) in [4.78, 5) is 25.2. The monoisotopic (exact) mass is 344 g/mol. The van der Waals surface area contributed by atoms with Crippen LogP contribution in [0.1, 0.15) is 34.0 Å². The fourth-order valence-electron chi connectivity index (χ4n) is 2.42. The van der Waals surface area contributed by atoms with E-state index in [1.807, 2.05) is 0 Å². The summed E-state index contributed by atoms with van der Waals surface area (Å²) in [5.74, 6) is -0.880. The topological polar surface area (TPSA) is 69.6 Å². The Morgan fingerprint density at radius 3 is 2.48 bits per heavy atom. The summed E-state index contributed by atoms with van der Waals surface area (Å²) in [7, 11) is 3.19. The molecule has 1 atom stereocenters. The predicted octanol–water partition coefficient (Wildman–Crippen LogP) is 2.27. The second-order valence-electron chi connectivity index (χ2n) is 5.80. The zero-order valence-corrected chi connectivity index (χ0v) is 14.2. The minimum Gasteiger partial charge on any atom is -0.388 e. The van der Waals surface area contributed by atoms with Gasteiger partial charge in [0.2, 0.25) is 5.91 Å². The number of aliphatic hydroxyl groups excluding tert-OH is 1. The number of rotatable bonds is 6. The van der Waals surface area contributed by atoms with E-state index in [1.54, 1.807) is 44.4 Å². The van der Waals surface area contributed by atoms with Gasteiger partial charge in [0.15, 0.2) is 0 Å². The molecule has 0 saturated carbocycles. The molecule has 0 saturated heterocycles. The number of aliphatic hydroxyl groups is 1. The van der Waals surface area contributed by atoms with Crippen molar-refractivity contribution in [3.8, 4) is 0 Å². The van der Waals surface area contributed by atoms with Gasteiger partial charge in [0.1, 0.15) is 5.82 Å². The number of amides is 2. The average molecular weight is 344 g/mol. The highest BCUT2D eigenvalue weighted by atomic mass is 19.1. The zero-order valence-electron chi connectivity index (χ0n) is 14.2. The molecule has 2 rings (SSSR count). The van der Waals surface area contributed by atoms with Crippen molar-refractivity contribution >= 4 is 11.8 Å². The summed E-state index contributed by atoms with van der Waals surface area (Å²) in [5.41, 5.74) is 1.78. The van der Waals surface area contributed by atoms with E-state index in [2.05, 4.69) is 5.32 Å². The van der Waals surface area contributed by atoms with Crippen LogP contribution in [0.15, 0.2) is 48.5 Å². The first-order valence-electron chi connectivity index (χ1n) is 7.89. The lowest BCUT2D eigenvalue weighted by Gasteiger charge is -2.19. The molecule has 2 aromatic carbocycles. The molecule has 25 heavy (non-hydrogen) atoms. The SMILES string of the molecule is CNC(=O)c1ccc(CN(C)C(=O)CC(O)c2cccc(F)c2)cc1. The molecule has 0 heterocycles. The van der Waals surface area contributed by atoms with E-state index in [0.29, 0.717) is 17.7 Å². The molecule has 6 heteroatoms. The van der Waals surface area contributed by atoms with E-state index in [-0.39, 0.29) is 18.2 Å². The standard InChI is InChI=1S/C19H21FN2O3/c1-21-19(25)14-8-6-13(7-9-14)12-22(2)18(24)11-17(23)15-4-3-5-16(20)10-15/h3-10,17,23H,11-12H2,1-2H3,(H,21,25). The molecule has 1 unspecified atom stereocenters. The van der Waals surface area contributed by atoms with Gasteiger partial charge in [-0.05, 0) is 35.4 Å². The van der Waals surface area contributed by atoms with Crippen LogP contribution in [0.5, 0.6) is 0 Å². The van der Waals surface area contributed by atoms with Crippen molar-refractivity contribution in [1.29, 1.82) is 0 Å². The fourth-order valence-corrected chi connectivity index (χ4v) is 2.42. The summed E-state index contributed by atoms with van der Waals surface area (Å²) in [6.07, 6.45) is -1.18. The van der Waals surface area contributed by atoms with E-state index in [9.17, 15) is 19.1 Å². The molecule has 0 radical (unpaired) electrons. The maximum atomic E-state index is 13.2. The van der Waals surface area contributed by atoms with Crippen LogP contribution in [-0.4, -0.2) is 35.9 Å². The molecule has 2 aromatic rings. The molecule has 0 bridgehead atoms. The normalized spacial score (nSPS) is 11.7. The molecule has 132 valence electrons. The minimum atomic E-state index is -1.05. The van der Waals surface area contributed by atoms with Crippen molar-refractivity contribution in [2.75, 3.05) is 14.1 Å². The van der Waals surface area contributed by atoms with Crippen LogP contribution in [-0.2, 0) is 11.3 Å². The highest BCUT2D eigenvalue weighted by Gasteiger charge is 2.17. The van der Waals surface area contributed by atoms with E-state index in [4.69, 9.17) is 0 Å². The highest BCUT2D eigenvalue weighted by molar-refractivity contribution is 5.93. The third kappa shape index (κ3) is 5.12. The van der Waals surface area contributed by atoms with Crippen LogP contribution >= 0.6 is 0 Å². The van der Waals surface area contributed by atoms with Gasteiger partial charge < -0.3 is 15.3 Å². The number of nitrogens with one attached hydrogen (secondary N) is 1. The maximum absolute atomic E-state index is 13.2. The van der Waals surface area contributed by atoms with Crippen LogP contribution < -0.4 is 5.32 Å². The van der Waals surface area contributed by atoms with E-state index in [0.717, 1.165) is 5.56 Å². The Labute approximate surface area is 146 Å². The number of carbonyl (C=O) groups excluding carboxylic acids is 2. The number of benzene rings is 2. The van der Waals surface area contributed by atoms with Crippen molar-refractivity contribution in [3.63, 3.8) is 0 Å². The van der Waals surface area contributed by atoms with Crippen molar-refractivity contribution in [2.45, 2.75) is 19.1 Å². The largest absolute Gasteiger partial charge is 0.388 e. The van der Waals surface area contributed by atoms with Gasteiger partial charge in [-0.15, -0.1) is 0 Å². The summed E-state index contributed by atoms with van der Waals surface area (Å²) >= 11 is 0. The number of hydrogen-bond donors (Lipinski definition) is 2. The van der Waals surface area contributed by atoms with Gasteiger partial charge in [-0.1, -0.05) is 24.3 Å². The van der Waals surface area contributed by atoms with Gasteiger partial charge in [0, 0.05) is 26.2 Å². The molecule has 0 aliphatic carbocycles. The Hall–Kier alpha value is -2.73. The Bertz CT molecular complexity index is 747. The molecular weight excluding hydrogens is 323 g/mol. The molecule has 0 aliphatic heterocycles. The molecular formula is C19H21FN2O3. The Balaban J connectivity index is 1.94. The molecule has 0 aliphatic rings. The number of halogens is 1. The van der Waals surface area contributed by atoms with Gasteiger partial charge in [-0.2, -0.15) is 0 Å². The summed E-state index contributed by atoms with van der Waals surface area (Å²) < 4.78 is 13.2. The van der Waals surface area contributed by atoms with Crippen molar-refractivity contribution in [2.24, 2.45) is 0 Å². The number of nitrogens with zero attached hydrogens (tertiary/aromatic N) is 1. The minimum absolute atomic E-state index is 0.129. The van der Waals surface area contributed by atoms with E-state index < -0.39 is 11.9 Å². The second-order valence-corrected chi connectivity index (χ2v) is 5.80. The first-order chi connectivity index (χ1) is 11.9. The van der Waals surface area contributed by atoms with Gasteiger partial charge in [-0.3, -0.25) is 9.59 Å². The second kappa shape index (κ2) is 8.39. The third-order valence-electron chi connectivity index (χ3n) is 3.89. The molecule has 0 aromatic heterocycles. The molecule has 5 nitrogen and oxygen atoms in total. The van der Waals surface area contributed by atoms with Gasteiger partial charge in [0.25, 0.3) is 5.91 Å². The van der Waals surface area contributed by atoms with Crippen LogP contribution in [0.4, 0.5) is 4.39 Å². The molecule has 2 amide bonds. The number of hydrogen-bond acceptors (Lipinski definition) is 3. The Morgan fingerprint density at radius 2 is 1.88 bits per heavy atom. The van der Waals surface area contributed by atoms with Crippen LogP contribution in [0.25, 0.3) is 0 Å². The van der Waals surface area contributed by atoms with Crippen LogP contribution in [0, 0.1) is 5.82 Å². The average Bonchev–Trinajstić information content (AvgIpc) is 2.61. The lowest BCUT2D eigenvalue weighted by atomic mass is 10.1. The molecule has 2 N–H and O–H groups in total. The number of carbonyl (C=O) groups is 2. The third-order valence-corrected chi connectivity index (χ3v) is 3.89.